The Labute approximate surface area is 76.9 Å². The predicted molar refractivity (Wildman–Crippen MR) is 50.3 cm³/mol. The zero-order chi connectivity index (χ0) is 8.97. The molecule has 0 aromatic rings. The van der Waals surface area contributed by atoms with E-state index in [1.807, 2.05) is 0 Å². The van der Waals surface area contributed by atoms with Crippen molar-refractivity contribution in [2.24, 2.45) is 0 Å². The summed E-state index contributed by atoms with van der Waals surface area (Å²) in [6.07, 6.45) is 3.44. The number of carbonyl (C=O) groups is 1. The Balaban J connectivity index is 2.21. The van der Waals surface area contributed by atoms with Gasteiger partial charge in [-0.05, 0) is 6.42 Å². The summed E-state index contributed by atoms with van der Waals surface area (Å²) < 4.78 is 0. The SMILES string of the molecule is CCCC[C@H]1NC(C(=O)O)CS1. The summed E-state index contributed by atoms with van der Waals surface area (Å²) in [5.74, 6) is -0.00882. The summed E-state index contributed by atoms with van der Waals surface area (Å²) >= 11 is 1.73. The Morgan fingerprint density at radius 1 is 1.75 bits per heavy atom. The molecule has 2 atom stereocenters. The number of carboxylic acid groups (broad SMARTS) is 1. The minimum Gasteiger partial charge on any atom is -0.480 e. The Morgan fingerprint density at radius 3 is 3.00 bits per heavy atom. The van der Waals surface area contributed by atoms with Crippen LogP contribution in [0.25, 0.3) is 0 Å². The molecule has 1 aliphatic heterocycles. The zero-order valence-electron chi connectivity index (χ0n) is 7.25. The maximum absolute atomic E-state index is 10.5. The Morgan fingerprint density at radius 2 is 2.50 bits per heavy atom. The molecule has 70 valence electrons. The molecule has 12 heavy (non-hydrogen) atoms. The average molecular weight is 189 g/mol. The fraction of sp³-hybridized carbons (Fsp3) is 0.875. The third kappa shape index (κ3) is 2.68. The molecule has 0 bridgehead atoms. The highest BCUT2D eigenvalue weighted by atomic mass is 32.2. The van der Waals surface area contributed by atoms with Crippen molar-refractivity contribution < 1.29 is 9.90 Å². The number of rotatable bonds is 4. The molecule has 0 amide bonds. The lowest BCUT2D eigenvalue weighted by atomic mass is 10.2. The lowest BCUT2D eigenvalue weighted by Gasteiger charge is -2.09. The summed E-state index contributed by atoms with van der Waals surface area (Å²) in [6, 6.07) is -0.322. The number of nitrogens with one attached hydrogen (secondary N) is 1. The van der Waals surface area contributed by atoms with Gasteiger partial charge in [-0.2, -0.15) is 0 Å². The molecule has 1 heterocycles. The molecule has 0 aliphatic carbocycles. The fourth-order valence-electron chi connectivity index (χ4n) is 1.23. The van der Waals surface area contributed by atoms with E-state index in [4.69, 9.17) is 5.11 Å². The van der Waals surface area contributed by atoms with Crippen LogP contribution in [0.4, 0.5) is 0 Å². The highest BCUT2D eigenvalue weighted by molar-refractivity contribution is 8.00. The van der Waals surface area contributed by atoms with Gasteiger partial charge in [-0.15, -0.1) is 11.8 Å². The van der Waals surface area contributed by atoms with Crippen LogP contribution in [0.5, 0.6) is 0 Å². The first-order valence-electron chi connectivity index (χ1n) is 4.34. The Bertz CT molecular complexity index is 163. The lowest BCUT2D eigenvalue weighted by Crippen LogP contribution is -2.36. The van der Waals surface area contributed by atoms with E-state index in [-0.39, 0.29) is 6.04 Å². The van der Waals surface area contributed by atoms with E-state index in [1.165, 1.54) is 12.8 Å². The van der Waals surface area contributed by atoms with E-state index in [1.54, 1.807) is 11.8 Å². The fourth-order valence-corrected chi connectivity index (χ4v) is 2.49. The first-order valence-corrected chi connectivity index (χ1v) is 5.39. The largest absolute Gasteiger partial charge is 0.480 e. The highest BCUT2D eigenvalue weighted by Crippen LogP contribution is 2.22. The van der Waals surface area contributed by atoms with E-state index < -0.39 is 5.97 Å². The maximum atomic E-state index is 10.5. The van der Waals surface area contributed by atoms with E-state index in [0.29, 0.717) is 11.1 Å². The molecular weight excluding hydrogens is 174 g/mol. The molecule has 0 aromatic heterocycles. The first-order chi connectivity index (χ1) is 5.74. The van der Waals surface area contributed by atoms with Gasteiger partial charge in [-0.3, -0.25) is 10.1 Å². The molecule has 3 nitrogen and oxygen atoms in total. The van der Waals surface area contributed by atoms with Crippen LogP contribution in [0.3, 0.4) is 0 Å². The molecule has 0 radical (unpaired) electrons. The van der Waals surface area contributed by atoms with E-state index in [9.17, 15) is 4.79 Å². The maximum Gasteiger partial charge on any atom is 0.321 e. The van der Waals surface area contributed by atoms with Crippen molar-refractivity contribution in [3.63, 3.8) is 0 Å². The number of aliphatic carboxylic acids is 1. The highest BCUT2D eigenvalue weighted by Gasteiger charge is 2.28. The summed E-state index contributed by atoms with van der Waals surface area (Å²) in [7, 11) is 0. The second kappa shape index (κ2) is 4.72. The van der Waals surface area contributed by atoms with Crippen LogP contribution >= 0.6 is 11.8 Å². The van der Waals surface area contributed by atoms with Gasteiger partial charge in [0.2, 0.25) is 0 Å². The van der Waals surface area contributed by atoms with E-state index in [0.717, 1.165) is 6.42 Å². The van der Waals surface area contributed by atoms with Crippen molar-refractivity contribution in [1.82, 2.24) is 5.32 Å². The van der Waals surface area contributed by atoms with Crippen LogP contribution in [-0.2, 0) is 4.79 Å². The van der Waals surface area contributed by atoms with Gasteiger partial charge in [0.25, 0.3) is 0 Å². The third-order valence-corrected chi connectivity index (χ3v) is 3.27. The van der Waals surface area contributed by atoms with Gasteiger partial charge in [0.15, 0.2) is 0 Å². The van der Waals surface area contributed by atoms with Crippen LogP contribution < -0.4 is 5.32 Å². The molecule has 2 N–H and O–H groups in total. The third-order valence-electron chi connectivity index (χ3n) is 1.97. The zero-order valence-corrected chi connectivity index (χ0v) is 8.06. The number of thioether (sulfide) groups is 1. The van der Waals surface area contributed by atoms with Gasteiger partial charge in [-0.1, -0.05) is 19.8 Å². The second-order valence-corrected chi connectivity index (χ2v) is 4.26. The molecule has 1 unspecified atom stereocenters. The van der Waals surface area contributed by atoms with Gasteiger partial charge < -0.3 is 5.11 Å². The lowest BCUT2D eigenvalue weighted by molar-refractivity contribution is -0.138. The van der Waals surface area contributed by atoms with Crippen LogP contribution in [-0.4, -0.2) is 28.2 Å². The van der Waals surface area contributed by atoms with Crippen molar-refractivity contribution in [2.45, 2.75) is 37.6 Å². The molecule has 0 spiro atoms. The number of unbranched alkanes of at least 4 members (excludes halogenated alkanes) is 1. The minimum atomic E-state index is -0.721. The molecule has 0 saturated carbocycles. The Hall–Kier alpha value is -0.220. The van der Waals surface area contributed by atoms with E-state index >= 15 is 0 Å². The quantitative estimate of drug-likeness (QED) is 0.699. The van der Waals surface area contributed by atoms with Crippen molar-refractivity contribution in [2.75, 3.05) is 5.75 Å². The molecular formula is C8H15NO2S. The summed E-state index contributed by atoms with van der Waals surface area (Å²) in [4.78, 5) is 10.5. The standard InChI is InChI=1S/C8H15NO2S/c1-2-3-4-7-9-6(5-12-7)8(10)11/h6-7,9H,2-5H2,1H3,(H,10,11)/t6?,7-/m0/s1. The topological polar surface area (TPSA) is 49.3 Å². The second-order valence-electron chi connectivity index (χ2n) is 3.02. The number of carboxylic acids is 1. The van der Waals surface area contributed by atoms with Crippen molar-refractivity contribution in [3.8, 4) is 0 Å². The molecule has 1 fully saturated rings. The van der Waals surface area contributed by atoms with Gasteiger partial charge in [0.1, 0.15) is 6.04 Å². The molecule has 1 aliphatic rings. The molecule has 4 heteroatoms. The first kappa shape index (κ1) is 9.86. The smallest absolute Gasteiger partial charge is 0.321 e. The molecule has 1 saturated heterocycles. The Kier molecular flexibility index (Phi) is 3.88. The van der Waals surface area contributed by atoms with Gasteiger partial charge in [0, 0.05) is 5.75 Å². The average Bonchev–Trinajstić information content (AvgIpc) is 2.48. The van der Waals surface area contributed by atoms with Crippen molar-refractivity contribution >= 4 is 17.7 Å². The van der Waals surface area contributed by atoms with Crippen LogP contribution in [0.1, 0.15) is 26.2 Å². The number of hydrogen-bond donors (Lipinski definition) is 2. The van der Waals surface area contributed by atoms with Crippen molar-refractivity contribution in [1.29, 1.82) is 0 Å². The normalized spacial score (nSPS) is 29.1. The van der Waals surface area contributed by atoms with Crippen molar-refractivity contribution in [3.05, 3.63) is 0 Å². The van der Waals surface area contributed by atoms with Crippen LogP contribution in [0.2, 0.25) is 0 Å². The predicted octanol–water partition coefficient (Wildman–Crippen LogP) is 1.29. The number of hydrogen-bond acceptors (Lipinski definition) is 3. The summed E-state index contributed by atoms with van der Waals surface area (Å²) in [5.41, 5.74) is 0. The van der Waals surface area contributed by atoms with Crippen LogP contribution in [0.15, 0.2) is 0 Å². The van der Waals surface area contributed by atoms with Gasteiger partial charge in [0.05, 0.1) is 5.37 Å². The summed E-state index contributed by atoms with van der Waals surface area (Å²) in [5, 5.41) is 12.1. The van der Waals surface area contributed by atoms with Gasteiger partial charge in [-0.25, -0.2) is 0 Å². The van der Waals surface area contributed by atoms with E-state index in [2.05, 4.69) is 12.2 Å². The summed E-state index contributed by atoms with van der Waals surface area (Å²) in [6.45, 7) is 2.15. The minimum absolute atomic E-state index is 0.322. The van der Waals surface area contributed by atoms with Gasteiger partial charge >= 0.3 is 5.97 Å². The molecule has 1 rings (SSSR count). The molecule has 0 aromatic carbocycles. The van der Waals surface area contributed by atoms with Crippen LogP contribution in [0, 0.1) is 0 Å². The monoisotopic (exact) mass is 189 g/mol.